The SMILES string of the molecule is CC(C)(C)[Si](C)(C)CS(=O)(=O)N(Cl)Cl. The molecule has 0 spiro atoms. The Morgan fingerprint density at radius 3 is 1.79 bits per heavy atom. The molecule has 0 saturated carbocycles. The van der Waals surface area contributed by atoms with Gasteiger partial charge in [-0.05, 0) is 8.38 Å². The summed E-state index contributed by atoms with van der Waals surface area (Å²) in [6.07, 6.45) is 0. The molecule has 0 aromatic carbocycles. The fourth-order valence-electron chi connectivity index (χ4n) is 0.721. The Kier molecular flexibility index (Phi) is 4.51. The van der Waals surface area contributed by atoms with Crippen LogP contribution in [-0.2, 0) is 10.0 Å². The molecule has 0 amide bonds. The van der Waals surface area contributed by atoms with Gasteiger partial charge >= 0.3 is 0 Å². The lowest BCUT2D eigenvalue weighted by atomic mass is 10.2. The van der Waals surface area contributed by atoms with Crippen LogP contribution in [0.4, 0.5) is 0 Å². The van der Waals surface area contributed by atoms with Gasteiger partial charge in [-0.15, -0.1) is 0 Å². The van der Waals surface area contributed by atoms with Gasteiger partial charge in [0.05, 0.1) is 13.5 Å². The fraction of sp³-hybridized carbons (Fsp3) is 1.00. The predicted octanol–water partition coefficient (Wildman–Crippen LogP) is 2.97. The van der Waals surface area contributed by atoms with E-state index in [0.29, 0.717) is 0 Å². The van der Waals surface area contributed by atoms with Crippen LogP contribution in [0.15, 0.2) is 0 Å². The van der Waals surface area contributed by atoms with E-state index >= 15 is 0 Å². The Morgan fingerprint density at radius 2 is 1.57 bits per heavy atom. The van der Waals surface area contributed by atoms with Crippen molar-refractivity contribution in [2.45, 2.75) is 38.9 Å². The van der Waals surface area contributed by atoms with Crippen LogP contribution in [0, 0.1) is 0 Å². The van der Waals surface area contributed by atoms with Gasteiger partial charge in [-0.25, -0.2) is 8.42 Å². The molecule has 0 unspecified atom stereocenters. The fourth-order valence-corrected chi connectivity index (χ4v) is 7.37. The maximum Gasteiger partial charge on any atom is 0.239 e. The second kappa shape index (κ2) is 4.29. The molecular formula is C7H17Cl2NO2SSi. The minimum absolute atomic E-state index is 0.00383. The van der Waals surface area contributed by atoms with Gasteiger partial charge < -0.3 is 0 Å². The van der Waals surface area contributed by atoms with E-state index < -0.39 is 18.1 Å². The number of rotatable bonds is 3. The van der Waals surface area contributed by atoms with Crippen molar-refractivity contribution in [1.29, 1.82) is 0 Å². The van der Waals surface area contributed by atoms with Crippen LogP contribution in [0.2, 0.25) is 18.1 Å². The maximum absolute atomic E-state index is 11.5. The summed E-state index contributed by atoms with van der Waals surface area (Å²) in [5.41, 5.74) is 0. The van der Waals surface area contributed by atoms with Gasteiger partial charge in [-0.3, -0.25) is 0 Å². The minimum Gasteiger partial charge on any atom is -0.210 e. The molecule has 14 heavy (non-hydrogen) atoms. The van der Waals surface area contributed by atoms with Gasteiger partial charge in [-0.2, -0.15) is 0 Å². The van der Waals surface area contributed by atoms with Crippen molar-refractivity contribution in [1.82, 2.24) is 3.34 Å². The van der Waals surface area contributed by atoms with Crippen LogP contribution in [0.25, 0.3) is 0 Å². The Balaban J connectivity index is 4.87. The zero-order valence-corrected chi connectivity index (χ0v) is 12.5. The molecule has 0 bridgehead atoms. The first-order valence-corrected chi connectivity index (χ1v) is 9.74. The van der Waals surface area contributed by atoms with E-state index in [1.54, 1.807) is 0 Å². The summed E-state index contributed by atoms with van der Waals surface area (Å²) in [6, 6.07) is 0. The van der Waals surface area contributed by atoms with E-state index in [4.69, 9.17) is 23.6 Å². The number of hydrogen-bond donors (Lipinski definition) is 0. The molecule has 0 aliphatic heterocycles. The third-order valence-corrected chi connectivity index (χ3v) is 12.9. The van der Waals surface area contributed by atoms with E-state index in [2.05, 4.69) is 0 Å². The second-order valence-electron chi connectivity index (χ2n) is 5.06. The number of hydrogen-bond acceptors (Lipinski definition) is 2. The lowest BCUT2D eigenvalue weighted by Gasteiger charge is -2.36. The summed E-state index contributed by atoms with van der Waals surface area (Å²) in [6.45, 7) is 10.2. The third-order valence-electron chi connectivity index (χ3n) is 2.78. The molecule has 0 atom stereocenters. The highest BCUT2D eigenvalue weighted by Crippen LogP contribution is 2.37. The predicted molar refractivity (Wildman–Crippen MR) is 64.5 cm³/mol. The Morgan fingerprint density at radius 1 is 1.21 bits per heavy atom. The third kappa shape index (κ3) is 3.70. The van der Waals surface area contributed by atoms with E-state index in [9.17, 15) is 8.42 Å². The Labute approximate surface area is 97.7 Å². The van der Waals surface area contributed by atoms with Crippen molar-refractivity contribution in [2.75, 3.05) is 5.38 Å². The summed E-state index contributed by atoms with van der Waals surface area (Å²) in [7, 11) is -5.41. The lowest BCUT2D eigenvalue weighted by Crippen LogP contribution is -2.46. The molecule has 0 radical (unpaired) electrons. The molecule has 0 saturated heterocycles. The van der Waals surface area contributed by atoms with Crippen LogP contribution in [-0.4, -0.2) is 25.2 Å². The molecule has 0 aromatic rings. The van der Waals surface area contributed by atoms with Crippen molar-refractivity contribution < 1.29 is 8.42 Å². The molecular weight excluding hydrogens is 261 g/mol. The lowest BCUT2D eigenvalue weighted by molar-refractivity contribution is 0.582. The highest BCUT2D eigenvalue weighted by molar-refractivity contribution is 7.92. The summed E-state index contributed by atoms with van der Waals surface area (Å²) < 4.78 is 23.3. The summed E-state index contributed by atoms with van der Waals surface area (Å²) in [4.78, 5) is 0. The second-order valence-corrected chi connectivity index (χ2v) is 14.3. The van der Waals surface area contributed by atoms with Crippen molar-refractivity contribution in [3.8, 4) is 0 Å². The van der Waals surface area contributed by atoms with Crippen LogP contribution < -0.4 is 0 Å². The molecule has 0 aromatic heterocycles. The van der Waals surface area contributed by atoms with Gasteiger partial charge in [-0.1, -0.05) is 33.9 Å². The largest absolute Gasteiger partial charge is 0.239 e. The number of nitrogens with zero attached hydrogens (tertiary/aromatic N) is 1. The molecule has 0 rings (SSSR count). The Bertz CT molecular complexity index is 295. The molecule has 0 N–H and O–H groups in total. The van der Waals surface area contributed by atoms with Crippen LogP contribution >= 0.6 is 23.6 Å². The van der Waals surface area contributed by atoms with Gasteiger partial charge in [0.25, 0.3) is 0 Å². The zero-order valence-electron chi connectivity index (χ0n) is 9.13. The van der Waals surface area contributed by atoms with E-state index in [0.717, 1.165) is 0 Å². The van der Waals surface area contributed by atoms with E-state index in [-0.39, 0.29) is 13.8 Å². The highest BCUT2D eigenvalue weighted by Gasteiger charge is 2.40. The molecule has 0 aliphatic rings. The Hall–Kier alpha value is 0.707. The first kappa shape index (κ1) is 14.7. The molecule has 86 valence electrons. The molecule has 0 fully saturated rings. The van der Waals surface area contributed by atoms with Gasteiger partial charge in [0.15, 0.2) is 0 Å². The first-order chi connectivity index (χ1) is 5.90. The molecule has 7 heteroatoms. The average Bonchev–Trinajstić information content (AvgIpc) is 1.80. The number of sulfonamides is 1. The van der Waals surface area contributed by atoms with Crippen LogP contribution in [0.1, 0.15) is 20.8 Å². The van der Waals surface area contributed by atoms with Crippen molar-refractivity contribution in [3.05, 3.63) is 0 Å². The van der Waals surface area contributed by atoms with Crippen molar-refractivity contribution in [3.63, 3.8) is 0 Å². The molecule has 3 nitrogen and oxygen atoms in total. The van der Waals surface area contributed by atoms with E-state index in [1.165, 1.54) is 0 Å². The van der Waals surface area contributed by atoms with Crippen LogP contribution in [0.5, 0.6) is 0 Å². The number of halogens is 2. The van der Waals surface area contributed by atoms with Gasteiger partial charge in [0, 0.05) is 23.6 Å². The summed E-state index contributed by atoms with van der Waals surface area (Å²) in [5, 5.41) is 0.0698. The van der Waals surface area contributed by atoms with Crippen molar-refractivity contribution in [2.24, 2.45) is 0 Å². The minimum atomic E-state index is -3.51. The van der Waals surface area contributed by atoms with Crippen LogP contribution in [0.3, 0.4) is 0 Å². The smallest absolute Gasteiger partial charge is 0.210 e. The van der Waals surface area contributed by atoms with Gasteiger partial charge in [0.1, 0.15) is 0 Å². The topological polar surface area (TPSA) is 37.4 Å². The normalized spacial score (nSPS) is 14.9. The average molecular weight is 278 g/mol. The first-order valence-electron chi connectivity index (χ1n) is 4.25. The molecule has 0 heterocycles. The highest BCUT2D eigenvalue weighted by atomic mass is 35.5. The summed E-state index contributed by atoms with van der Waals surface area (Å²) in [5.74, 6) is 0. The maximum atomic E-state index is 11.5. The quantitative estimate of drug-likeness (QED) is 0.588. The van der Waals surface area contributed by atoms with Crippen molar-refractivity contribution >= 4 is 41.7 Å². The summed E-state index contributed by atoms with van der Waals surface area (Å²) >= 11 is 10.5. The standard InChI is InChI=1S/C7H17Cl2NO2SSi/c1-7(2,3)14(4,5)6-13(11,12)10(8)9/h6H2,1-5H3. The monoisotopic (exact) mass is 277 g/mol. The van der Waals surface area contributed by atoms with Gasteiger partial charge in [0.2, 0.25) is 10.0 Å². The molecule has 0 aliphatic carbocycles. The van der Waals surface area contributed by atoms with E-state index in [1.807, 2.05) is 33.9 Å². The zero-order chi connectivity index (χ0) is 11.8.